The highest BCUT2D eigenvalue weighted by Crippen LogP contribution is 2.16. The molecular weight excluding hydrogens is 267 g/mol. The number of nitrogens with one attached hydrogen (secondary N) is 2. The summed E-state index contributed by atoms with van der Waals surface area (Å²) in [6, 6.07) is 2.97. The fourth-order valence-electron chi connectivity index (χ4n) is 1.87. The lowest BCUT2D eigenvalue weighted by atomic mass is 10.1. The molecule has 1 aromatic rings. The molecular formula is C13H13FN2O4. The fourth-order valence-corrected chi connectivity index (χ4v) is 1.87. The SMILES string of the molecule is COc1ccc(C(=O)NC2CCC(=O)NC2=O)c(F)c1. The summed E-state index contributed by atoms with van der Waals surface area (Å²) in [7, 11) is 1.39. The summed E-state index contributed by atoms with van der Waals surface area (Å²) < 4.78 is 18.5. The van der Waals surface area contributed by atoms with Crippen LogP contribution in [0.4, 0.5) is 4.39 Å². The molecule has 1 unspecified atom stereocenters. The van der Waals surface area contributed by atoms with Crippen molar-refractivity contribution in [2.24, 2.45) is 0 Å². The maximum Gasteiger partial charge on any atom is 0.254 e. The predicted octanol–water partition coefficient (Wildman–Crippen LogP) is 0.369. The summed E-state index contributed by atoms with van der Waals surface area (Å²) in [4.78, 5) is 34.4. The van der Waals surface area contributed by atoms with Gasteiger partial charge in [0.2, 0.25) is 11.8 Å². The average Bonchev–Trinajstić information content (AvgIpc) is 2.41. The van der Waals surface area contributed by atoms with Crippen molar-refractivity contribution >= 4 is 17.7 Å². The molecule has 7 heteroatoms. The summed E-state index contributed by atoms with van der Waals surface area (Å²) in [5.74, 6) is -2.12. The number of imide groups is 1. The monoisotopic (exact) mass is 280 g/mol. The zero-order valence-corrected chi connectivity index (χ0v) is 10.7. The number of hydrogen-bond acceptors (Lipinski definition) is 4. The van der Waals surface area contributed by atoms with Gasteiger partial charge >= 0.3 is 0 Å². The lowest BCUT2D eigenvalue weighted by Crippen LogP contribution is -2.52. The zero-order chi connectivity index (χ0) is 14.7. The molecule has 1 saturated heterocycles. The number of methoxy groups -OCH3 is 1. The molecule has 0 bridgehead atoms. The molecule has 6 nitrogen and oxygen atoms in total. The number of ether oxygens (including phenoxy) is 1. The minimum absolute atomic E-state index is 0.141. The number of amides is 3. The quantitative estimate of drug-likeness (QED) is 0.783. The van der Waals surface area contributed by atoms with Gasteiger partial charge in [0.15, 0.2) is 0 Å². The van der Waals surface area contributed by atoms with Crippen LogP contribution in [0.2, 0.25) is 0 Å². The standard InChI is InChI=1S/C13H13FN2O4/c1-20-7-2-3-8(9(14)6-7)12(18)15-10-4-5-11(17)16-13(10)19/h2-3,6,10H,4-5H2,1H3,(H,15,18)(H,16,17,19). The van der Waals surface area contributed by atoms with E-state index in [4.69, 9.17) is 4.74 Å². The van der Waals surface area contributed by atoms with Gasteiger partial charge in [-0.1, -0.05) is 0 Å². The predicted molar refractivity (Wildman–Crippen MR) is 66.6 cm³/mol. The van der Waals surface area contributed by atoms with E-state index in [-0.39, 0.29) is 24.3 Å². The minimum Gasteiger partial charge on any atom is -0.497 e. The molecule has 0 saturated carbocycles. The molecule has 20 heavy (non-hydrogen) atoms. The Morgan fingerprint density at radius 2 is 2.20 bits per heavy atom. The number of carbonyl (C=O) groups excluding carboxylic acids is 3. The summed E-state index contributed by atoms with van der Waals surface area (Å²) in [5, 5.41) is 4.51. The van der Waals surface area contributed by atoms with E-state index in [1.54, 1.807) is 0 Å². The molecule has 3 amide bonds. The fraction of sp³-hybridized carbons (Fsp3) is 0.308. The van der Waals surface area contributed by atoms with Gasteiger partial charge < -0.3 is 10.1 Å². The molecule has 106 valence electrons. The van der Waals surface area contributed by atoms with Crippen LogP contribution in [0.1, 0.15) is 23.2 Å². The number of piperidine rings is 1. The molecule has 1 atom stereocenters. The van der Waals surface area contributed by atoms with Gasteiger partial charge in [0.25, 0.3) is 5.91 Å². The van der Waals surface area contributed by atoms with Crippen LogP contribution < -0.4 is 15.4 Å². The van der Waals surface area contributed by atoms with Gasteiger partial charge in [0.1, 0.15) is 17.6 Å². The zero-order valence-electron chi connectivity index (χ0n) is 10.7. The maximum absolute atomic E-state index is 13.7. The second-order valence-corrected chi connectivity index (χ2v) is 4.32. The average molecular weight is 280 g/mol. The molecule has 1 aliphatic heterocycles. The Bertz CT molecular complexity index is 573. The molecule has 0 radical (unpaired) electrons. The second kappa shape index (κ2) is 5.68. The van der Waals surface area contributed by atoms with Crippen molar-refractivity contribution in [3.05, 3.63) is 29.6 Å². The first-order valence-corrected chi connectivity index (χ1v) is 5.99. The largest absolute Gasteiger partial charge is 0.497 e. The van der Waals surface area contributed by atoms with Crippen molar-refractivity contribution in [1.29, 1.82) is 0 Å². The summed E-state index contributed by atoms with van der Waals surface area (Å²) in [6.45, 7) is 0. The van der Waals surface area contributed by atoms with Crippen LogP contribution in [0.25, 0.3) is 0 Å². The Hall–Kier alpha value is -2.44. The molecule has 1 aromatic carbocycles. The molecule has 1 heterocycles. The third-order valence-electron chi connectivity index (χ3n) is 2.97. The molecule has 0 spiro atoms. The van der Waals surface area contributed by atoms with E-state index in [0.717, 1.165) is 6.07 Å². The van der Waals surface area contributed by atoms with E-state index in [1.807, 2.05) is 0 Å². The summed E-state index contributed by atoms with van der Waals surface area (Å²) in [5.41, 5.74) is -0.185. The molecule has 2 rings (SSSR count). The first-order chi connectivity index (χ1) is 9.51. The highest BCUT2D eigenvalue weighted by Gasteiger charge is 2.28. The smallest absolute Gasteiger partial charge is 0.254 e. The summed E-state index contributed by atoms with van der Waals surface area (Å²) >= 11 is 0. The van der Waals surface area contributed by atoms with Crippen molar-refractivity contribution in [3.8, 4) is 5.75 Å². The van der Waals surface area contributed by atoms with E-state index in [2.05, 4.69) is 10.6 Å². The Kier molecular flexibility index (Phi) is 3.97. The van der Waals surface area contributed by atoms with Crippen LogP contribution >= 0.6 is 0 Å². The third-order valence-corrected chi connectivity index (χ3v) is 2.97. The highest BCUT2D eigenvalue weighted by molar-refractivity contribution is 6.03. The van der Waals surface area contributed by atoms with E-state index in [9.17, 15) is 18.8 Å². The number of rotatable bonds is 3. The number of benzene rings is 1. The van der Waals surface area contributed by atoms with Crippen molar-refractivity contribution in [3.63, 3.8) is 0 Å². The van der Waals surface area contributed by atoms with Crippen LogP contribution in [0.15, 0.2) is 18.2 Å². The van der Waals surface area contributed by atoms with Crippen LogP contribution in [-0.4, -0.2) is 30.9 Å². The van der Waals surface area contributed by atoms with Crippen LogP contribution in [0, 0.1) is 5.82 Å². The Morgan fingerprint density at radius 3 is 2.80 bits per heavy atom. The Morgan fingerprint density at radius 1 is 1.45 bits per heavy atom. The van der Waals surface area contributed by atoms with Crippen LogP contribution in [0.3, 0.4) is 0 Å². The van der Waals surface area contributed by atoms with E-state index >= 15 is 0 Å². The topological polar surface area (TPSA) is 84.5 Å². The molecule has 1 aliphatic rings. The van der Waals surface area contributed by atoms with Gasteiger partial charge in [0.05, 0.1) is 12.7 Å². The first kappa shape index (κ1) is 14.0. The van der Waals surface area contributed by atoms with Crippen molar-refractivity contribution < 1.29 is 23.5 Å². The van der Waals surface area contributed by atoms with E-state index in [1.165, 1.54) is 19.2 Å². The van der Waals surface area contributed by atoms with Crippen molar-refractivity contribution in [1.82, 2.24) is 10.6 Å². The second-order valence-electron chi connectivity index (χ2n) is 4.32. The van der Waals surface area contributed by atoms with Crippen molar-refractivity contribution in [2.75, 3.05) is 7.11 Å². The maximum atomic E-state index is 13.7. The number of hydrogen-bond donors (Lipinski definition) is 2. The molecule has 0 aromatic heterocycles. The van der Waals surface area contributed by atoms with Crippen LogP contribution in [-0.2, 0) is 9.59 Å². The van der Waals surface area contributed by atoms with Gasteiger partial charge in [-0.2, -0.15) is 0 Å². The lowest BCUT2D eigenvalue weighted by Gasteiger charge is -2.21. The third kappa shape index (κ3) is 2.93. The lowest BCUT2D eigenvalue weighted by molar-refractivity contribution is -0.134. The van der Waals surface area contributed by atoms with E-state index < -0.39 is 23.7 Å². The number of halogens is 1. The van der Waals surface area contributed by atoms with Gasteiger partial charge in [0, 0.05) is 12.5 Å². The first-order valence-electron chi connectivity index (χ1n) is 5.99. The van der Waals surface area contributed by atoms with Gasteiger partial charge in [-0.25, -0.2) is 4.39 Å². The van der Waals surface area contributed by atoms with Gasteiger partial charge in [-0.15, -0.1) is 0 Å². The van der Waals surface area contributed by atoms with Gasteiger partial charge in [-0.3, -0.25) is 19.7 Å². The molecule has 0 aliphatic carbocycles. The molecule has 1 fully saturated rings. The van der Waals surface area contributed by atoms with E-state index in [0.29, 0.717) is 5.75 Å². The Balaban J connectivity index is 2.08. The highest BCUT2D eigenvalue weighted by atomic mass is 19.1. The number of carbonyl (C=O) groups is 3. The van der Waals surface area contributed by atoms with Crippen molar-refractivity contribution in [2.45, 2.75) is 18.9 Å². The Labute approximate surface area is 114 Å². The normalized spacial score (nSPS) is 18.4. The molecule has 2 N–H and O–H groups in total. The van der Waals surface area contributed by atoms with Crippen LogP contribution in [0.5, 0.6) is 5.75 Å². The minimum atomic E-state index is -0.832. The summed E-state index contributed by atoms with van der Waals surface area (Å²) in [6.07, 6.45) is 0.343. The van der Waals surface area contributed by atoms with Gasteiger partial charge in [-0.05, 0) is 18.6 Å².